The summed E-state index contributed by atoms with van der Waals surface area (Å²) >= 11 is 9.59. The van der Waals surface area contributed by atoms with Crippen LogP contribution in [0.4, 0.5) is 5.69 Å². The third-order valence-corrected chi connectivity index (χ3v) is 4.83. The lowest BCUT2D eigenvalue weighted by Crippen LogP contribution is -2.00. The van der Waals surface area contributed by atoms with E-state index in [0.717, 1.165) is 27.6 Å². The normalized spacial score (nSPS) is 14.4. The zero-order valence-electron chi connectivity index (χ0n) is 10.5. The van der Waals surface area contributed by atoms with E-state index in [2.05, 4.69) is 45.5 Å². The van der Waals surface area contributed by atoms with Crippen molar-refractivity contribution in [3.8, 4) is 0 Å². The van der Waals surface area contributed by atoms with E-state index in [1.54, 1.807) is 0 Å². The van der Waals surface area contributed by atoms with Gasteiger partial charge in [0.2, 0.25) is 0 Å². The fourth-order valence-corrected chi connectivity index (χ4v) is 2.79. The number of anilines is 1. The Bertz CT molecular complexity index is 593. The van der Waals surface area contributed by atoms with Crippen LogP contribution in [0.5, 0.6) is 0 Å². The molecule has 0 atom stereocenters. The minimum absolute atomic E-state index is 0.733. The molecule has 0 saturated heterocycles. The van der Waals surface area contributed by atoms with Gasteiger partial charge in [-0.1, -0.05) is 41.9 Å². The maximum atomic E-state index is 6.08. The SMILES string of the molecule is Clc1cccc(NCc2cccc(C3CC3)c2)c1Br. The van der Waals surface area contributed by atoms with Crippen molar-refractivity contribution in [2.24, 2.45) is 0 Å². The number of benzene rings is 2. The number of hydrogen-bond acceptors (Lipinski definition) is 1. The Hall–Kier alpha value is -0.990. The maximum absolute atomic E-state index is 6.08. The van der Waals surface area contributed by atoms with Crippen molar-refractivity contribution in [2.45, 2.75) is 25.3 Å². The van der Waals surface area contributed by atoms with Gasteiger partial charge in [-0.15, -0.1) is 0 Å². The molecule has 1 fully saturated rings. The summed E-state index contributed by atoms with van der Waals surface area (Å²) in [5.74, 6) is 0.804. The summed E-state index contributed by atoms with van der Waals surface area (Å²) in [4.78, 5) is 0. The summed E-state index contributed by atoms with van der Waals surface area (Å²) in [6.45, 7) is 0.819. The van der Waals surface area contributed by atoms with Gasteiger partial charge in [0, 0.05) is 6.54 Å². The minimum atomic E-state index is 0.733. The molecule has 1 aliphatic carbocycles. The second-order valence-electron chi connectivity index (χ2n) is 4.97. The van der Waals surface area contributed by atoms with Crippen LogP contribution in [0.1, 0.15) is 29.9 Å². The van der Waals surface area contributed by atoms with Crippen molar-refractivity contribution >= 4 is 33.2 Å². The van der Waals surface area contributed by atoms with E-state index in [4.69, 9.17) is 11.6 Å². The summed E-state index contributed by atoms with van der Waals surface area (Å²) in [5.41, 5.74) is 3.82. The summed E-state index contributed by atoms with van der Waals surface area (Å²) in [6.07, 6.45) is 2.69. The highest BCUT2D eigenvalue weighted by molar-refractivity contribution is 9.10. The molecule has 1 N–H and O–H groups in total. The number of nitrogens with one attached hydrogen (secondary N) is 1. The quantitative estimate of drug-likeness (QED) is 0.767. The van der Waals surface area contributed by atoms with Crippen LogP contribution in [0.2, 0.25) is 5.02 Å². The van der Waals surface area contributed by atoms with Gasteiger partial charge in [-0.25, -0.2) is 0 Å². The van der Waals surface area contributed by atoms with Crippen LogP contribution >= 0.6 is 27.5 Å². The van der Waals surface area contributed by atoms with Gasteiger partial charge >= 0.3 is 0 Å². The molecule has 0 bridgehead atoms. The molecule has 1 saturated carbocycles. The predicted molar refractivity (Wildman–Crippen MR) is 84.9 cm³/mol. The standard InChI is InChI=1S/C16H15BrClN/c17-16-14(18)5-2-6-15(16)19-10-11-3-1-4-13(9-11)12-7-8-12/h1-6,9,12,19H,7-8,10H2. The van der Waals surface area contributed by atoms with E-state index >= 15 is 0 Å². The van der Waals surface area contributed by atoms with Crippen molar-refractivity contribution in [2.75, 3.05) is 5.32 Å². The first kappa shape index (κ1) is 13.0. The van der Waals surface area contributed by atoms with E-state index in [1.807, 2.05) is 18.2 Å². The van der Waals surface area contributed by atoms with Gasteiger partial charge < -0.3 is 5.32 Å². The Morgan fingerprint density at radius 3 is 2.74 bits per heavy atom. The molecule has 0 aliphatic heterocycles. The van der Waals surface area contributed by atoms with Gasteiger partial charge in [0.05, 0.1) is 15.2 Å². The Morgan fingerprint density at radius 1 is 1.16 bits per heavy atom. The van der Waals surface area contributed by atoms with Crippen LogP contribution in [0.15, 0.2) is 46.9 Å². The first-order chi connectivity index (χ1) is 9.24. The monoisotopic (exact) mass is 335 g/mol. The molecule has 3 heteroatoms. The molecule has 19 heavy (non-hydrogen) atoms. The Balaban J connectivity index is 1.71. The largest absolute Gasteiger partial charge is 0.380 e. The molecule has 1 nitrogen and oxygen atoms in total. The molecular formula is C16H15BrClN. The lowest BCUT2D eigenvalue weighted by atomic mass is 10.1. The average molecular weight is 337 g/mol. The molecule has 0 heterocycles. The van der Waals surface area contributed by atoms with Crippen LogP contribution in [-0.2, 0) is 6.54 Å². The van der Waals surface area contributed by atoms with Gasteiger partial charge in [-0.2, -0.15) is 0 Å². The van der Waals surface area contributed by atoms with Crippen molar-refractivity contribution in [1.82, 2.24) is 0 Å². The van der Waals surface area contributed by atoms with E-state index < -0.39 is 0 Å². The highest BCUT2D eigenvalue weighted by Crippen LogP contribution is 2.40. The van der Waals surface area contributed by atoms with Crippen LogP contribution in [0, 0.1) is 0 Å². The van der Waals surface area contributed by atoms with Gasteiger partial charge in [-0.3, -0.25) is 0 Å². The molecule has 2 aromatic rings. The van der Waals surface area contributed by atoms with Gasteiger partial charge in [0.25, 0.3) is 0 Å². The fraction of sp³-hybridized carbons (Fsp3) is 0.250. The zero-order chi connectivity index (χ0) is 13.2. The molecule has 0 amide bonds. The fourth-order valence-electron chi connectivity index (χ4n) is 2.21. The maximum Gasteiger partial charge on any atom is 0.0593 e. The smallest absolute Gasteiger partial charge is 0.0593 e. The number of rotatable bonds is 4. The van der Waals surface area contributed by atoms with Crippen molar-refractivity contribution in [1.29, 1.82) is 0 Å². The number of halogens is 2. The van der Waals surface area contributed by atoms with Crippen LogP contribution in [0.3, 0.4) is 0 Å². The second-order valence-corrected chi connectivity index (χ2v) is 6.17. The molecule has 1 aliphatic rings. The van der Waals surface area contributed by atoms with Crippen molar-refractivity contribution in [3.05, 3.63) is 63.1 Å². The van der Waals surface area contributed by atoms with E-state index in [1.165, 1.54) is 24.0 Å². The lowest BCUT2D eigenvalue weighted by molar-refractivity contribution is 1.08. The zero-order valence-corrected chi connectivity index (χ0v) is 12.8. The van der Waals surface area contributed by atoms with E-state index in [0.29, 0.717) is 0 Å². The first-order valence-electron chi connectivity index (χ1n) is 6.51. The van der Waals surface area contributed by atoms with Gasteiger partial charge in [0.15, 0.2) is 0 Å². The van der Waals surface area contributed by atoms with Crippen LogP contribution < -0.4 is 5.32 Å². The van der Waals surface area contributed by atoms with Gasteiger partial charge in [-0.05, 0) is 57.9 Å². The Kier molecular flexibility index (Phi) is 3.81. The molecule has 0 unspecified atom stereocenters. The molecule has 3 rings (SSSR count). The molecule has 0 spiro atoms. The van der Waals surface area contributed by atoms with Crippen molar-refractivity contribution in [3.63, 3.8) is 0 Å². The summed E-state index contributed by atoms with van der Waals surface area (Å²) in [5, 5.41) is 4.16. The summed E-state index contributed by atoms with van der Waals surface area (Å²) < 4.78 is 0.926. The third kappa shape index (κ3) is 3.13. The second kappa shape index (κ2) is 5.56. The molecule has 0 aromatic heterocycles. The summed E-state index contributed by atoms with van der Waals surface area (Å²) in [6, 6.07) is 14.7. The van der Waals surface area contributed by atoms with E-state index in [9.17, 15) is 0 Å². The minimum Gasteiger partial charge on any atom is -0.380 e. The highest BCUT2D eigenvalue weighted by Gasteiger charge is 2.23. The Labute approximate surface area is 127 Å². The lowest BCUT2D eigenvalue weighted by Gasteiger charge is -2.10. The predicted octanol–water partition coefficient (Wildman–Crippen LogP) is 5.59. The van der Waals surface area contributed by atoms with Crippen molar-refractivity contribution < 1.29 is 0 Å². The van der Waals surface area contributed by atoms with Crippen LogP contribution in [-0.4, -0.2) is 0 Å². The third-order valence-electron chi connectivity index (χ3n) is 3.43. The summed E-state index contributed by atoms with van der Waals surface area (Å²) in [7, 11) is 0. The molecular weight excluding hydrogens is 322 g/mol. The number of hydrogen-bond donors (Lipinski definition) is 1. The average Bonchev–Trinajstić information content (AvgIpc) is 3.25. The van der Waals surface area contributed by atoms with E-state index in [-0.39, 0.29) is 0 Å². The topological polar surface area (TPSA) is 12.0 Å². The van der Waals surface area contributed by atoms with Gasteiger partial charge in [0.1, 0.15) is 0 Å². The molecule has 0 radical (unpaired) electrons. The highest BCUT2D eigenvalue weighted by atomic mass is 79.9. The molecule has 2 aromatic carbocycles. The molecule has 98 valence electrons. The van der Waals surface area contributed by atoms with Crippen LogP contribution in [0.25, 0.3) is 0 Å². The Morgan fingerprint density at radius 2 is 1.95 bits per heavy atom. The first-order valence-corrected chi connectivity index (χ1v) is 7.68.